The van der Waals surface area contributed by atoms with Gasteiger partial charge in [0.25, 0.3) is 5.91 Å². The van der Waals surface area contributed by atoms with Crippen LogP contribution in [-0.2, 0) is 0 Å². The minimum Gasteiger partial charge on any atom is -0.507 e. The molecule has 16 N–H and O–H groups in total. The average Bonchev–Trinajstić information content (AvgIpc) is 0.699. The Labute approximate surface area is 719 Å². The van der Waals surface area contributed by atoms with Crippen LogP contribution < -0.4 is 5.32 Å². The van der Waals surface area contributed by atoms with Crippen LogP contribution in [0.3, 0.4) is 0 Å². The zero-order valence-corrected chi connectivity index (χ0v) is 73.1. The first-order valence-electron chi connectivity index (χ1n) is 41.4. The molecule has 0 aliphatic carbocycles. The number of phenols is 15. The molecule has 124 heavy (non-hydrogen) atoms. The topological polar surface area (TPSA) is 384 Å². The van der Waals surface area contributed by atoms with Gasteiger partial charge in [0.1, 0.15) is 51.7 Å². The zero-order chi connectivity index (χ0) is 91.0. The number of carbonyl (C=O) groups is 4. The molecule has 0 heterocycles. The van der Waals surface area contributed by atoms with Crippen molar-refractivity contribution in [2.45, 2.75) is 180 Å². The number of benzene rings is 14. The molecule has 2 unspecified atom stereocenters. The maximum absolute atomic E-state index is 13.7. The Hall–Kier alpha value is -13.9. The summed E-state index contributed by atoms with van der Waals surface area (Å²) in [6.45, 7) is 35.3. The quantitative estimate of drug-likeness (QED) is 0.0215. The number of hydrogen-bond acceptors (Lipinski definition) is 19. The van der Waals surface area contributed by atoms with E-state index in [4.69, 9.17) is 0 Å². The van der Waals surface area contributed by atoms with Crippen molar-refractivity contribution in [3.05, 3.63) is 227 Å². The molecule has 2 atom stereocenters. The van der Waals surface area contributed by atoms with E-state index in [1.54, 1.807) is 84.9 Å². The van der Waals surface area contributed by atoms with E-state index in [-0.39, 0.29) is 178 Å². The lowest BCUT2D eigenvalue weighted by atomic mass is 9.82. The molecule has 0 radical (unpaired) electrons. The lowest BCUT2D eigenvalue weighted by Crippen LogP contribution is -2.27. The van der Waals surface area contributed by atoms with Crippen LogP contribution in [0.4, 0.5) is 0 Å². The minimum absolute atomic E-state index is 0.00185. The second-order valence-electron chi connectivity index (χ2n) is 34.4. The Morgan fingerprint density at radius 2 is 0.629 bits per heavy atom. The van der Waals surface area contributed by atoms with E-state index in [1.807, 2.05) is 149 Å². The molecule has 642 valence electrons. The largest absolute Gasteiger partial charge is 0.507 e. The van der Waals surface area contributed by atoms with Crippen molar-refractivity contribution in [2.75, 3.05) is 6.54 Å². The van der Waals surface area contributed by atoms with Crippen LogP contribution in [0.5, 0.6) is 86.2 Å². The van der Waals surface area contributed by atoms with Gasteiger partial charge < -0.3 is 81.9 Å². The highest BCUT2D eigenvalue weighted by Gasteiger charge is 2.34. The van der Waals surface area contributed by atoms with Gasteiger partial charge in [0.15, 0.2) is 52.9 Å². The SMILES string of the molecule is Cc1cc2c(C(C)C)c(O)c(C)c(C=O)c2c(O)c1-c1c(C)cc2c(C(C)C)c(O)c(O)c(C=O)c2c1O.Cc1cc2c(O)c(-c3c(C)cc4c(C(=O)NCC(C)c5ccccc5)c(O)c(O)cc4c3O)c(C)cc2c(C(=O)CCC(C)c2ccccc2)c1O.Cc1cc2c(O)c(-c3c(C)cc4c(C(C)C)c(O)c(O)cc4c3O)c(C)cc2c(C(C)C)c1O. The minimum atomic E-state index is -0.628. The van der Waals surface area contributed by atoms with Gasteiger partial charge >= 0.3 is 0 Å². The van der Waals surface area contributed by atoms with Gasteiger partial charge in [0.05, 0.1) is 16.7 Å². The third-order valence-electron chi connectivity index (χ3n) is 24.5. The summed E-state index contributed by atoms with van der Waals surface area (Å²) in [6, 6.07) is 36.2. The second-order valence-corrected chi connectivity index (χ2v) is 34.4. The predicted molar refractivity (Wildman–Crippen MR) is 491 cm³/mol. The van der Waals surface area contributed by atoms with Crippen molar-refractivity contribution in [3.8, 4) is 120 Å². The molecule has 0 fully saturated rings. The smallest absolute Gasteiger partial charge is 0.255 e. The molecule has 0 aromatic heterocycles. The lowest BCUT2D eigenvalue weighted by molar-refractivity contribution is 0.0947. The fourth-order valence-corrected chi connectivity index (χ4v) is 18.2. The highest BCUT2D eigenvalue weighted by Crippen LogP contribution is 2.57. The molecular formula is C104H107NO19. The number of fused-ring (bicyclic) bond motifs is 6. The fourth-order valence-electron chi connectivity index (χ4n) is 18.2. The summed E-state index contributed by atoms with van der Waals surface area (Å²) in [5, 5.41) is 174. The molecule has 0 spiro atoms. The summed E-state index contributed by atoms with van der Waals surface area (Å²) in [5.41, 5.74) is 11.3. The van der Waals surface area contributed by atoms with Gasteiger partial charge in [-0.3, -0.25) is 19.2 Å². The van der Waals surface area contributed by atoms with Crippen molar-refractivity contribution >= 4 is 88.9 Å². The van der Waals surface area contributed by atoms with Gasteiger partial charge in [-0.1, -0.05) is 154 Å². The maximum atomic E-state index is 13.7. The normalized spacial score (nSPS) is 12.1. The Morgan fingerprint density at radius 3 is 1.06 bits per heavy atom. The molecule has 14 aromatic carbocycles. The second kappa shape index (κ2) is 34.6. The number of aryl methyl sites for hydroxylation is 8. The Kier molecular flexibility index (Phi) is 24.9. The van der Waals surface area contributed by atoms with Gasteiger partial charge in [0, 0.05) is 123 Å². The fraction of sp³-hybridized carbons (Fsp3) is 0.269. The van der Waals surface area contributed by atoms with Crippen molar-refractivity contribution in [3.63, 3.8) is 0 Å². The number of Topliss-reactive ketones (excluding diaryl/α,β-unsaturated/α-hetero) is 1. The van der Waals surface area contributed by atoms with E-state index in [2.05, 4.69) is 12.2 Å². The zero-order valence-electron chi connectivity index (χ0n) is 73.1. The van der Waals surface area contributed by atoms with Gasteiger partial charge in [0.2, 0.25) is 0 Å². The average molecular weight is 1670 g/mol. The van der Waals surface area contributed by atoms with E-state index in [0.29, 0.717) is 129 Å². The van der Waals surface area contributed by atoms with E-state index in [0.717, 1.165) is 33.2 Å². The molecule has 14 rings (SSSR count). The maximum Gasteiger partial charge on any atom is 0.255 e. The number of phenolic OH excluding ortho intramolecular Hbond substituents is 15. The van der Waals surface area contributed by atoms with Gasteiger partial charge in [-0.05, 0) is 218 Å². The van der Waals surface area contributed by atoms with Gasteiger partial charge in [-0.25, -0.2) is 0 Å². The van der Waals surface area contributed by atoms with E-state index in [9.17, 15) is 95.8 Å². The monoisotopic (exact) mass is 1670 g/mol. The molecule has 20 nitrogen and oxygen atoms in total. The van der Waals surface area contributed by atoms with Crippen molar-refractivity contribution < 1.29 is 95.8 Å². The molecule has 0 saturated heterocycles. The molecule has 0 aliphatic rings. The first kappa shape index (κ1) is 89.4. The van der Waals surface area contributed by atoms with Crippen LogP contribution >= 0.6 is 0 Å². The van der Waals surface area contributed by atoms with Crippen LogP contribution in [0.25, 0.3) is 98.0 Å². The van der Waals surface area contributed by atoms with Crippen molar-refractivity contribution in [2.24, 2.45) is 0 Å². The van der Waals surface area contributed by atoms with E-state index in [1.165, 1.54) is 12.1 Å². The highest BCUT2D eigenvalue weighted by atomic mass is 16.3. The number of aromatic hydroxyl groups is 15. The number of nitrogens with one attached hydrogen (secondary N) is 1. The number of rotatable bonds is 18. The van der Waals surface area contributed by atoms with Gasteiger partial charge in [-0.2, -0.15) is 0 Å². The number of amides is 1. The number of ketones is 1. The van der Waals surface area contributed by atoms with E-state index >= 15 is 0 Å². The highest BCUT2D eigenvalue weighted by molar-refractivity contribution is 6.18. The number of carbonyl (C=O) groups excluding carboxylic acids is 4. The van der Waals surface area contributed by atoms with Crippen LogP contribution in [-0.4, -0.2) is 107 Å². The molecule has 0 bridgehead atoms. The molecule has 0 saturated carbocycles. The van der Waals surface area contributed by atoms with Crippen LogP contribution in [0.1, 0.15) is 242 Å². The third kappa shape index (κ3) is 15.4. The van der Waals surface area contributed by atoms with Crippen molar-refractivity contribution in [1.29, 1.82) is 0 Å². The third-order valence-corrected chi connectivity index (χ3v) is 24.5. The Bertz CT molecular complexity index is 6370. The summed E-state index contributed by atoms with van der Waals surface area (Å²) in [4.78, 5) is 51.5. The first-order valence-corrected chi connectivity index (χ1v) is 41.4. The van der Waals surface area contributed by atoms with Crippen LogP contribution in [0, 0.1) is 62.3 Å². The van der Waals surface area contributed by atoms with Crippen LogP contribution in [0.15, 0.2) is 121 Å². The standard InChI is InChI=1S/C44H43NO7.C31H32O7.C29H32O5/c1-23(28-12-8-6-9-13-28)16-17-34(46)38-30-18-24(2)36(41(49)32(30)20-26(4)40(38)48)37-25(3)19-31-33(42(37)50)21-35(47)43(51)39(31)44(52)45-22-27(5)29-14-10-7-11-15-29;1-12(2)21-17-8-14(5)23(29(36)25(17)19(10-32)16(7)27(21)34)24-15(6)9-18-22(13(3)4)31(38)28(35)20(11-33)26(18)30(24)37;1-12(2)22-17-8-14(5)24(27(32)19(17)10-16(7)26(22)31)25-15(6)9-18-20(28(25)33)11-21(30)29(34)23(18)13(3)4/h6-15,18-21,23,27,47-51H,16-17,22H2,1-5H3,(H,45,52);8-13,34-38H,1-7H3;8-13,30-34H,1-7H3. The predicted octanol–water partition coefficient (Wildman–Crippen LogP) is 23.8. The molecule has 0 aliphatic heterocycles. The Morgan fingerprint density at radius 1 is 0.306 bits per heavy atom. The molecule has 1 amide bonds. The Balaban J connectivity index is 0.000000174. The van der Waals surface area contributed by atoms with Crippen LogP contribution in [0.2, 0.25) is 0 Å². The summed E-state index contributed by atoms with van der Waals surface area (Å²) < 4.78 is 0. The summed E-state index contributed by atoms with van der Waals surface area (Å²) >= 11 is 0. The summed E-state index contributed by atoms with van der Waals surface area (Å²) in [6.07, 6.45) is 1.72. The molecule has 20 heteroatoms. The summed E-state index contributed by atoms with van der Waals surface area (Å²) in [7, 11) is 0. The van der Waals surface area contributed by atoms with E-state index < -0.39 is 28.9 Å². The molecule has 14 aromatic rings. The number of hydrogen-bond donors (Lipinski definition) is 16. The molecular weight excluding hydrogens is 1570 g/mol. The van der Waals surface area contributed by atoms with Crippen molar-refractivity contribution in [1.82, 2.24) is 5.32 Å². The van der Waals surface area contributed by atoms with Gasteiger partial charge in [-0.15, -0.1) is 0 Å². The summed E-state index contributed by atoms with van der Waals surface area (Å²) in [5.74, 6) is -4.94. The number of aldehydes is 2. The first-order chi connectivity index (χ1) is 58.4. The lowest BCUT2D eigenvalue weighted by Gasteiger charge is -2.23.